The van der Waals surface area contributed by atoms with E-state index in [1.165, 1.54) is 77.9 Å². The van der Waals surface area contributed by atoms with E-state index in [2.05, 4.69) is 29.0 Å². The predicted octanol–water partition coefficient (Wildman–Crippen LogP) is 2.18. The molecule has 0 spiro atoms. The van der Waals surface area contributed by atoms with Crippen molar-refractivity contribution in [1.29, 1.82) is 0 Å². The molecule has 3 nitrogen and oxygen atoms in total. The maximum absolute atomic E-state index is 3.86. The summed E-state index contributed by atoms with van der Waals surface area (Å²) in [6.07, 6.45) is 6.90. The molecule has 0 aromatic carbocycles. The van der Waals surface area contributed by atoms with Crippen molar-refractivity contribution < 1.29 is 0 Å². The Bertz CT molecular complexity index is 236. The molecule has 0 aromatic rings. The fourth-order valence-electron chi connectivity index (χ4n) is 3.52. The smallest absolute Gasteiger partial charge is 0.00798 e. The maximum atomic E-state index is 3.86. The summed E-state index contributed by atoms with van der Waals surface area (Å²) in [6.45, 7) is 13.5. The van der Waals surface area contributed by atoms with Crippen LogP contribution < -0.4 is 5.32 Å². The third kappa shape index (κ3) is 5.05. The van der Waals surface area contributed by atoms with E-state index in [1.807, 2.05) is 0 Å². The van der Waals surface area contributed by atoms with Gasteiger partial charge in [-0.1, -0.05) is 13.8 Å². The molecular formula is C16H33N3. The highest BCUT2D eigenvalue weighted by Crippen LogP contribution is 2.17. The SMILES string of the molecule is CCN1CCC(CNC2CCCN(CC)CC2)CC1. The lowest BCUT2D eigenvalue weighted by Crippen LogP contribution is -2.40. The number of nitrogens with zero attached hydrogens (tertiary/aromatic N) is 2. The molecule has 2 rings (SSSR count). The summed E-state index contributed by atoms with van der Waals surface area (Å²) in [5.41, 5.74) is 0. The highest BCUT2D eigenvalue weighted by Gasteiger charge is 2.20. The Hall–Kier alpha value is -0.120. The second-order valence-electron chi connectivity index (χ2n) is 6.35. The molecule has 1 N–H and O–H groups in total. The van der Waals surface area contributed by atoms with E-state index in [0.717, 1.165) is 12.0 Å². The summed E-state index contributed by atoms with van der Waals surface area (Å²) >= 11 is 0. The predicted molar refractivity (Wildman–Crippen MR) is 82.6 cm³/mol. The molecule has 0 aliphatic carbocycles. The molecule has 2 aliphatic heterocycles. The Morgan fingerprint density at radius 2 is 1.47 bits per heavy atom. The van der Waals surface area contributed by atoms with E-state index in [-0.39, 0.29) is 0 Å². The van der Waals surface area contributed by atoms with Gasteiger partial charge in [-0.15, -0.1) is 0 Å². The average Bonchev–Trinajstić information content (AvgIpc) is 2.70. The Balaban J connectivity index is 1.63. The third-order valence-electron chi connectivity index (χ3n) is 5.12. The van der Waals surface area contributed by atoms with Crippen LogP contribution in [-0.2, 0) is 0 Å². The van der Waals surface area contributed by atoms with Gasteiger partial charge in [0.25, 0.3) is 0 Å². The zero-order valence-corrected chi connectivity index (χ0v) is 13.0. The summed E-state index contributed by atoms with van der Waals surface area (Å²) in [4.78, 5) is 5.18. The van der Waals surface area contributed by atoms with Crippen LogP contribution in [0.25, 0.3) is 0 Å². The van der Waals surface area contributed by atoms with Crippen molar-refractivity contribution in [3.63, 3.8) is 0 Å². The van der Waals surface area contributed by atoms with Gasteiger partial charge in [-0.25, -0.2) is 0 Å². The minimum absolute atomic E-state index is 0.778. The molecular weight excluding hydrogens is 234 g/mol. The molecule has 112 valence electrons. The zero-order valence-electron chi connectivity index (χ0n) is 13.0. The van der Waals surface area contributed by atoms with Crippen molar-refractivity contribution in [2.24, 2.45) is 5.92 Å². The van der Waals surface area contributed by atoms with Crippen molar-refractivity contribution in [3.8, 4) is 0 Å². The third-order valence-corrected chi connectivity index (χ3v) is 5.12. The molecule has 2 saturated heterocycles. The topological polar surface area (TPSA) is 18.5 Å². The summed E-state index contributed by atoms with van der Waals surface area (Å²) in [5, 5.41) is 3.86. The van der Waals surface area contributed by atoms with Gasteiger partial charge in [0.05, 0.1) is 0 Å². The Morgan fingerprint density at radius 1 is 0.842 bits per heavy atom. The first-order valence-corrected chi connectivity index (χ1v) is 8.50. The van der Waals surface area contributed by atoms with Crippen LogP contribution >= 0.6 is 0 Å². The molecule has 1 atom stereocenters. The van der Waals surface area contributed by atoms with E-state index in [1.54, 1.807) is 0 Å². The van der Waals surface area contributed by atoms with Gasteiger partial charge in [0.15, 0.2) is 0 Å². The minimum Gasteiger partial charge on any atom is -0.314 e. The van der Waals surface area contributed by atoms with Gasteiger partial charge >= 0.3 is 0 Å². The molecule has 3 heteroatoms. The molecule has 0 radical (unpaired) electrons. The summed E-state index contributed by atoms with van der Waals surface area (Å²) < 4.78 is 0. The highest BCUT2D eigenvalue weighted by atomic mass is 15.1. The van der Waals surface area contributed by atoms with Crippen LogP contribution in [0.3, 0.4) is 0 Å². The van der Waals surface area contributed by atoms with E-state index < -0.39 is 0 Å². The first-order chi connectivity index (χ1) is 9.31. The minimum atomic E-state index is 0.778. The van der Waals surface area contributed by atoms with Gasteiger partial charge in [0.2, 0.25) is 0 Å². The number of rotatable bonds is 5. The molecule has 0 bridgehead atoms. The van der Waals surface area contributed by atoms with Crippen molar-refractivity contribution in [1.82, 2.24) is 15.1 Å². The summed E-state index contributed by atoms with van der Waals surface area (Å²) in [6, 6.07) is 0.778. The first kappa shape index (κ1) is 15.3. The lowest BCUT2D eigenvalue weighted by atomic mass is 9.96. The van der Waals surface area contributed by atoms with Crippen LogP contribution in [0.1, 0.15) is 46.0 Å². The van der Waals surface area contributed by atoms with E-state index in [9.17, 15) is 0 Å². The average molecular weight is 267 g/mol. The number of nitrogens with one attached hydrogen (secondary N) is 1. The summed E-state index contributed by atoms with van der Waals surface area (Å²) in [5.74, 6) is 0.924. The lowest BCUT2D eigenvalue weighted by molar-refractivity contribution is 0.186. The van der Waals surface area contributed by atoms with Crippen LogP contribution in [0.15, 0.2) is 0 Å². The largest absolute Gasteiger partial charge is 0.314 e. The van der Waals surface area contributed by atoms with Gasteiger partial charge in [0, 0.05) is 6.04 Å². The van der Waals surface area contributed by atoms with Crippen molar-refractivity contribution in [2.75, 3.05) is 45.8 Å². The molecule has 19 heavy (non-hydrogen) atoms. The molecule has 0 saturated carbocycles. The van der Waals surface area contributed by atoms with Crippen LogP contribution in [0.5, 0.6) is 0 Å². The van der Waals surface area contributed by atoms with Gasteiger partial charge in [-0.2, -0.15) is 0 Å². The molecule has 0 aromatic heterocycles. The normalized spacial score (nSPS) is 28.4. The number of piperidine rings is 1. The van der Waals surface area contributed by atoms with Crippen LogP contribution in [-0.4, -0.2) is 61.7 Å². The Morgan fingerprint density at radius 3 is 2.16 bits per heavy atom. The Labute approximate surface area is 119 Å². The maximum Gasteiger partial charge on any atom is 0.00798 e. The number of hydrogen-bond donors (Lipinski definition) is 1. The van der Waals surface area contributed by atoms with Crippen molar-refractivity contribution >= 4 is 0 Å². The standard InChI is InChI=1S/C16H33N3/c1-3-18-10-5-6-16(9-13-18)17-14-15-7-11-19(4-2)12-8-15/h15-17H,3-14H2,1-2H3. The first-order valence-electron chi connectivity index (χ1n) is 8.50. The quantitative estimate of drug-likeness (QED) is 0.824. The van der Waals surface area contributed by atoms with Gasteiger partial charge in [-0.3, -0.25) is 0 Å². The molecule has 0 amide bonds. The number of hydrogen-bond acceptors (Lipinski definition) is 3. The van der Waals surface area contributed by atoms with Gasteiger partial charge in [-0.05, 0) is 83.8 Å². The fraction of sp³-hybridized carbons (Fsp3) is 1.00. The van der Waals surface area contributed by atoms with Crippen LogP contribution in [0.2, 0.25) is 0 Å². The van der Waals surface area contributed by atoms with Gasteiger partial charge in [0.1, 0.15) is 0 Å². The fourth-order valence-corrected chi connectivity index (χ4v) is 3.52. The second-order valence-corrected chi connectivity index (χ2v) is 6.35. The molecule has 2 aliphatic rings. The molecule has 1 unspecified atom stereocenters. The van der Waals surface area contributed by atoms with Crippen molar-refractivity contribution in [2.45, 2.75) is 52.0 Å². The van der Waals surface area contributed by atoms with Gasteiger partial charge < -0.3 is 15.1 Å². The number of likely N-dealkylation sites (tertiary alicyclic amines) is 2. The van der Waals surface area contributed by atoms with Crippen molar-refractivity contribution in [3.05, 3.63) is 0 Å². The lowest BCUT2D eigenvalue weighted by Gasteiger charge is -2.32. The van der Waals surface area contributed by atoms with E-state index in [4.69, 9.17) is 0 Å². The molecule has 2 fully saturated rings. The van der Waals surface area contributed by atoms with E-state index >= 15 is 0 Å². The van der Waals surface area contributed by atoms with E-state index in [0.29, 0.717) is 0 Å². The Kier molecular flexibility index (Phi) is 6.62. The van der Waals surface area contributed by atoms with Crippen LogP contribution in [0.4, 0.5) is 0 Å². The highest BCUT2D eigenvalue weighted by molar-refractivity contribution is 4.78. The zero-order chi connectivity index (χ0) is 13.5. The van der Waals surface area contributed by atoms with Crippen LogP contribution in [0, 0.1) is 5.92 Å². The summed E-state index contributed by atoms with van der Waals surface area (Å²) in [7, 11) is 0. The molecule has 2 heterocycles. The monoisotopic (exact) mass is 267 g/mol. The second kappa shape index (κ2) is 8.23.